The van der Waals surface area contributed by atoms with Gasteiger partial charge in [0.15, 0.2) is 5.78 Å². The minimum Gasteiger partial charge on any atom is -0.399 e. The minimum atomic E-state index is -0.0610. The van der Waals surface area contributed by atoms with Crippen molar-refractivity contribution >= 4 is 23.1 Å². The number of rotatable bonds is 2. The van der Waals surface area contributed by atoms with Crippen molar-refractivity contribution in [3.8, 4) is 0 Å². The van der Waals surface area contributed by atoms with E-state index in [1.54, 1.807) is 18.2 Å². The van der Waals surface area contributed by atoms with Gasteiger partial charge < -0.3 is 5.73 Å². The number of hydrogen-bond donors (Lipinski definition) is 1. The average Bonchev–Trinajstić information content (AvgIpc) is 2.03. The maximum Gasteiger partial charge on any atom is 0.177 e. The van der Waals surface area contributed by atoms with Gasteiger partial charge in [0.1, 0.15) is 0 Å². The van der Waals surface area contributed by atoms with Crippen LogP contribution in [0, 0.1) is 6.92 Å². The molecule has 1 rings (SSSR count). The molecule has 0 unspecified atom stereocenters. The maximum atomic E-state index is 11.2. The van der Waals surface area contributed by atoms with Crippen LogP contribution in [0.15, 0.2) is 18.2 Å². The van der Waals surface area contributed by atoms with Gasteiger partial charge in [0.2, 0.25) is 0 Å². The van der Waals surface area contributed by atoms with Gasteiger partial charge in [-0.1, -0.05) is 0 Å². The van der Waals surface area contributed by atoms with Crippen molar-refractivity contribution in [2.24, 2.45) is 0 Å². The predicted molar refractivity (Wildman–Crippen MR) is 50.6 cm³/mol. The lowest BCUT2D eigenvalue weighted by molar-refractivity contribution is 0.102. The van der Waals surface area contributed by atoms with Gasteiger partial charge in [0, 0.05) is 11.3 Å². The molecule has 0 aromatic heterocycles. The predicted octanol–water partition coefficient (Wildman–Crippen LogP) is 2.00. The van der Waals surface area contributed by atoms with Gasteiger partial charge in [-0.2, -0.15) is 0 Å². The number of aryl methyl sites for hydroxylation is 1. The van der Waals surface area contributed by atoms with Gasteiger partial charge in [-0.3, -0.25) is 4.79 Å². The van der Waals surface area contributed by atoms with Crippen molar-refractivity contribution in [1.29, 1.82) is 0 Å². The van der Waals surface area contributed by atoms with Crippen molar-refractivity contribution < 1.29 is 4.79 Å². The van der Waals surface area contributed by atoms with Gasteiger partial charge in [0.25, 0.3) is 0 Å². The standard InChI is InChI=1S/C9H10ClNO/c1-6-4-7(11)2-3-8(6)9(12)5-10/h2-4H,5,11H2,1H3. The lowest BCUT2D eigenvalue weighted by Crippen LogP contribution is -2.03. The molecule has 0 fully saturated rings. The van der Waals surface area contributed by atoms with E-state index in [0.29, 0.717) is 11.3 Å². The number of anilines is 1. The van der Waals surface area contributed by atoms with Gasteiger partial charge in [0.05, 0.1) is 5.88 Å². The molecular formula is C9H10ClNO. The number of alkyl halides is 1. The fourth-order valence-electron chi connectivity index (χ4n) is 1.07. The lowest BCUT2D eigenvalue weighted by Gasteiger charge is -2.02. The summed E-state index contributed by atoms with van der Waals surface area (Å²) in [7, 11) is 0. The van der Waals surface area contributed by atoms with Crippen LogP contribution in [-0.4, -0.2) is 11.7 Å². The summed E-state index contributed by atoms with van der Waals surface area (Å²) in [4.78, 5) is 11.2. The summed E-state index contributed by atoms with van der Waals surface area (Å²) in [6, 6.07) is 5.17. The van der Waals surface area contributed by atoms with Crippen LogP contribution in [0.4, 0.5) is 5.69 Å². The number of hydrogen-bond acceptors (Lipinski definition) is 2. The van der Waals surface area contributed by atoms with Crippen LogP contribution in [0.1, 0.15) is 15.9 Å². The quantitative estimate of drug-likeness (QED) is 0.433. The number of nitrogen functional groups attached to an aromatic ring is 1. The average molecular weight is 184 g/mol. The van der Waals surface area contributed by atoms with E-state index in [1.807, 2.05) is 6.92 Å². The second-order valence-electron chi connectivity index (χ2n) is 2.63. The molecule has 0 bridgehead atoms. The Bertz CT molecular complexity index is 309. The molecule has 0 radical (unpaired) electrons. The van der Waals surface area contributed by atoms with E-state index in [-0.39, 0.29) is 11.7 Å². The minimum absolute atomic E-state index is 0.0186. The largest absolute Gasteiger partial charge is 0.399 e. The molecule has 1 aromatic rings. The van der Waals surface area contributed by atoms with Crippen molar-refractivity contribution in [3.63, 3.8) is 0 Å². The molecule has 0 aliphatic rings. The highest BCUT2D eigenvalue weighted by molar-refractivity contribution is 6.30. The SMILES string of the molecule is Cc1cc(N)ccc1C(=O)CCl. The summed E-state index contributed by atoms with van der Waals surface area (Å²) in [6.07, 6.45) is 0. The molecule has 0 heterocycles. The number of nitrogens with two attached hydrogens (primary N) is 1. The van der Waals surface area contributed by atoms with Crippen LogP contribution in [0.25, 0.3) is 0 Å². The first-order chi connectivity index (χ1) is 5.65. The second-order valence-corrected chi connectivity index (χ2v) is 2.90. The van der Waals surface area contributed by atoms with Crippen LogP contribution in [0.2, 0.25) is 0 Å². The number of carbonyl (C=O) groups excluding carboxylic acids is 1. The summed E-state index contributed by atoms with van der Waals surface area (Å²) in [5.74, 6) is -0.0423. The summed E-state index contributed by atoms with van der Waals surface area (Å²) in [6.45, 7) is 1.84. The van der Waals surface area contributed by atoms with Crippen LogP contribution >= 0.6 is 11.6 Å². The highest BCUT2D eigenvalue weighted by Gasteiger charge is 2.06. The zero-order valence-corrected chi connectivity index (χ0v) is 7.56. The number of halogens is 1. The van der Waals surface area contributed by atoms with Gasteiger partial charge >= 0.3 is 0 Å². The molecule has 64 valence electrons. The molecule has 0 atom stereocenters. The molecule has 0 amide bonds. The normalized spacial score (nSPS) is 9.83. The Labute approximate surface area is 76.3 Å². The van der Waals surface area contributed by atoms with Gasteiger partial charge in [-0.25, -0.2) is 0 Å². The first-order valence-electron chi connectivity index (χ1n) is 3.60. The third-order valence-corrected chi connectivity index (χ3v) is 1.91. The maximum absolute atomic E-state index is 11.2. The molecule has 3 heteroatoms. The molecule has 0 aliphatic carbocycles. The summed E-state index contributed by atoms with van der Waals surface area (Å²) in [5, 5.41) is 0. The number of ketones is 1. The Hall–Kier alpha value is -1.02. The van der Waals surface area contributed by atoms with Gasteiger partial charge in [-0.15, -0.1) is 11.6 Å². The van der Waals surface area contributed by atoms with E-state index < -0.39 is 0 Å². The highest BCUT2D eigenvalue weighted by Crippen LogP contribution is 2.13. The first kappa shape index (κ1) is 9.07. The van der Waals surface area contributed by atoms with Crippen LogP contribution in [-0.2, 0) is 0 Å². The van der Waals surface area contributed by atoms with E-state index in [4.69, 9.17) is 17.3 Å². The van der Waals surface area contributed by atoms with E-state index in [9.17, 15) is 4.79 Å². The topological polar surface area (TPSA) is 43.1 Å². The van der Waals surface area contributed by atoms with Crippen molar-refractivity contribution in [2.75, 3.05) is 11.6 Å². The molecule has 0 spiro atoms. The van der Waals surface area contributed by atoms with E-state index in [2.05, 4.69) is 0 Å². The smallest absolute Gasteiger partial charge is 0.177 e. The molecule has 0 saturated carbocycles. The van der Waals surface area contributed by atoms with Crippen LogP contribution < -0.4 is 5.73 Å². The number of benzene rings is 1. The van der Waals surface area contributed by atoms with Crippen molar-refractivity contribution in [3.05, 3.63) is 29.3 Å². The second kappa shape index (κ2) is 3.59. The molecule has 12 heavy (non-hydrogen) atoms. The summed E-state index contributed by atoms with van der Waals surface area (Å²) in [5.41, 5.74) is 7.72. The summed E-state index contributed by atoms with van der Waals surface area (Å²) >= 11 is 5.42. The zero-order chi connectivity index (χ0) is 9.14. The fourth-order valence-corrected chi connectivity index (χ4v) is 1.22. The Morgan fingerprint density at radius 2 is 2.25 bits per heavy atom. The third-order valence-electron chi connectivity index (χ3n) is 1.67. The lowest BCUT2D eigenvalue weighted by atomic mass is 10.1. The third kappa shape index (κ3) is 1.77. The Balaban J connectivity index is 3.09. The van der Waals surface area contributed by atoms with E-state index in [1.165, 1.54) is 0 Å². The van der Waals surface area contributed by atoms with Crippen molar-refractivity contribution in [1.82, 2.24) is 0 Å². The monoisotopic (exact) mass is 183 g/mol. The Morgan fingerprint density at radius 1 is 1.58 bits per heavy atom. The van der Waals surface area contributed by atoms with E-state index in [0.717, 1.165) is 5.56 Å². The number of Topliss-reactive ketones (excluding diaryl/α,β-unsaturated/α-hetero) is 1. The van der Waals surface area contributed by atoms with Crippen LogP contribution in [0.3, 0.4) is 0 Å². The fraction of sp³-hybridized carbons (Fsp3) is 0.222. The van der Waals surface area contributed by atoms with Crippen LogP contribution in [0.5, 0.6) is 0 Å². The summed E-state index contributed by atoms with van der Waals surface area (Å²) < 4.78 is 0. The zero-order valence-electron chi connectivity index (χ0n) is 6.80. The highest BCUT2D eigenvalue weighted by atomic mass is 35.5. The molecule has 0 aliphatic heterocycles. The van der Waals surface area contributed by atoms with E-state index >= 15 is 0 Å². The van der Waals surface area contributed by atoms with Gasteiger partial charge in [-0.05, 0) is 30.7 Å². The molecule has 1 aromatic carbocycles. The molecule has 2 N–H and O–H groups in total. The molecule has 2 nitrogen and oxygen atoms in total. The molecular weight excluding hydrogens is 174 g/mol. The van der Waals surface area contributed by atoms with Crippen molar-refractivity contribution in [2.45, 2.75) is 6.92 Å². The first-order valence-corrected chi connectivity index (χ1v) is 4.14. The Kier molecular flexibility index (Phi) is 2.71. The number of carbonyl (C=O) groups is 1. The molecule has 0 saturated heterocycles. The Morgan fingerprint density at radius 3 is 2.75 bits per heavy atom.